The Morgan fingerprint density at radius 1 is 1.36 bits per heavy atom. The van der Waals surface area contributed by atoms with Crippen LogP contribution < -0.4 is 10.6 Å². The fourth-order valence-electron chi connectivity index (χ4n) is 1.52. The first-order chi connectivity index (χ1) is 6.79. The molecule has 2 heterocycles. The molecule has 1 aliphatic heterocycles. The topological polar surface area (TPSA) is 74.1 Å². The van der Waals surface area contributed by atoms with Crippen molar-refractivity contribution in [1.82, 2.24) is 20.1 Å². The Kier molecular flexibility index (Phi) is 2.64. The standard InChI is InChI=1S/C8H16N6/c1-13-2-4-14(5-3-13)8-10-7(6-9)11-12-8/h2-6,9H2,1H3,(H,10,11,12). The number of piperazine rings is 1. The summed E-state index contributed by atoms with van der Waals surface area (Å²) in [7, 11) is 2.13. The highest BCUT2D eigenvalue weighted by Gasteiger charge is 2.17. The Morgan fingerprint density at radius 3 is 2.64 bits per heavy atom. The van der Waals surface area contributed by atoms with Crippen LogP contribution in [0.15, 0.2) is 0 Å². The molecule has 1 aromatic rings. The molecule has 0 bridgehead atoms. The Morgan fingerprint density at radius 2 is 2.07 bits per heavy atom. The van der Waals surface area contributed by atoms with Gasteiger partial charge in [-0.05, 0) is 7.05 Å². The lowest BCUT2D eigenvalue weighted by Gasteiger charge is -2.31. The molecule has 2 rings (SSSR count). The zero-order valence-corrected chi connectivity index (χ0v) is 8.40. The van der Waals surface area contributed by atoms with Crippen LogP contribution in [0.1, 0.15) is 5.82 Å². The molecule has 0 saturated carbocycles. The van der Waals surface area contributed by atoms with Gasteiger partial charge in [-0.25, -0.2) is 0 Å². The van der Waals surface area contributed by atoms with Crippen molar-refractivity contribution in [2.45, 2.75) is 6.54 Å². The van der Waals surface area contributed by atoms with Crippen LogP contribution in [0.3, 0.4) is 0 Å². The first kappa shape index (κ1) is 9.42. The lowest BCUT2D eigenvalue weighted by molar-refractivity contribution is 0.311. The normalized spacial score (nSPS) is 18.9. The van der Waals surface area contributed by atoms with Gasteiger partial charge in [0.1, 0.15) is 5.82 Å². The summed E-state index contributed by atoms with van der Waals surface area (Å²) >= 11 is 0. The van der Waals surface area contributed by atoms with E-state index in [2.05, 4.69) is 32.0 Å². The minimum Gasteiger partial charge on any atom is -0.337 e. The minimum atomic E-state index is 0.417. The molecule has 0 radical (unpaired) electrons. The van der Waals surface area contributed by atoms with Crippen LogP contribution in [0, 0.1) is 0 Å². The van der Waals surface area contributed by atoms with Crippen LogP contribution in [-0.2, 0) is 6.54 Å². The van der Waals surface area contributed by atoms with Crippen molar-refractivity contribution < 1.29 is 0 Å². The summed E-state index contributed by atoms with van der Waals surface area (Å²) in [5, 5.41) is 6.95. The number of H-pyrrole nitrogens is 1. The third-order valence-electron chi connectivity index (χ3n) is 2.50. The summed E-state index contributed by atoms with van der Waals surface area (Å²) in [6.45, 7) is 4.51. The summed E-state index contributed by atoms with van der Waals surface area (Å²) in [5.74, 6) is 1.53. The SMILES string of the molecule is CN1CCN(c2n[nH]c(CN)n2)CC1. The van der Waals surface area contributed by atoms with Gasteiger partial charge in [-0.2, -0.15) is 4.98 Å². The van der Waals surface area contributed by atoms with Gasteiger partial charge in [0, 0.05) is 26.2 Å². The quantitative estimate of drug-likeness (QED) is 0.635. The molecular formula is C8H16N6. The van der Waals surface area contributed by atoms with E-state index < -0.39 is 0 Å². The third-order valence-corrected chi connectivity index (χ3v) is 2.50. The van der Waals surface area contributed by atoms with Gasteiger partial charge in [-0.1, -0.05) is 0 Å². The number of likely N-dealkylation sites (N-methyl/N-ethyl adjacent to an activating group) is 1. The molecule has 0 aromatic carbocycles. The fraction of sp³-hybridized carbons (Fsp3) is 0.750. The minimum absolute atomic E-state index is 0.417. The Labute approximate surface area is 83.1 Å². The molecule has 3 N–H and O–H groups in total. The van der Waals surface area contributed by atoms with Crippen molar-refractivity contribution in [1.29, 1.82) is 0 Å². The monoisotopic (exact) mass is 196 g/mol. The second-order valence-corrected chi connectivity index (χ2v) is 3.58. The second-order valence-electron chi connectivity index (χ2n) is 3.58. The molecule has 0 unspecified atom stereocenters. The van der Waals surface area contributed by atoms with Gasteiger partial charge in [0.25, 0.3) is 0 Å². The van der Waals surface area contributed by atoms with E-state index in [1.165, 1.54) is 0 Å². The average molecular weight is 196 g/mol. The van der Waals surface area contributed by atoms with E-state index in [1.807, 2.05) is 0 Å². The van der Waals surface area contributed by atoms with E-state index >= 15 is 0 Å². The number of anilines is 1. The number of nitrogens with two attached hydrogens (primary N) is 1. The first-order valence-electron chi connectivity index (χ1n) is 4.84. The Hall–Kier alpha value is -1.14. The average Bonchev–Trinajstić information content (AvgIpc) is 2.67. The lowest BCUT2D eigenvalue weighted by Crippen LogP contribution is -2.44. The summed E-state index contributed by atoms with van der Waals surface area (Å²) in [6, 6.07) is 0. The molecule has 78 valence electrons. The van der Waals surface area contributed by atoms with Gasteiger partial charge < -0.3 is 15.5 Å². The van der Waals surface area contributed by atoms with Crippen LogP contribution in [0.4, 0.5) is 5.95 Å². The Bertz CT molecular complexity index is 288. The van der Waals surface area contributed by atoms with E-state index in [0.29, 0.717) is 6.54 Å². The number of nitrogens with zero attached hydrogens (tertiary/aromatic N) is 4. The van der Waals surface area contributed by atoms with Crippen LogP contribution in [-0.4, -0.2) is 53.3 Å². The molecular weight excluding hydrogens is 180 g/mol. The maximum absolute atomic E-state index is 5.45. The predicted octanol–water partition coefficient (Wildman–Crippen LogP) is -0.985. The number of aromatic nitrogens is 3. The van der Waals surface area contributed by atoms with Crippen LogP contribution >= 0.6 is 0 Å². The van der Waals surface area contributed by atoms with Crippen molar-refractivity contribution in [2.75, 3.05) is 38.1 Å². The zero-order valence-electron chi connectivity index (χ0n) is 8.40. The van der Waals surface area contributed by atoms with Gasteiger partial charge in [-0.3, -0.25) is 5.10 Å². The summed E-state index contributed by atoms with van der Waals surface area (Å²) in [5.41, 5.74) is 5.45. The molecule has 6 nitrogen and oxygen atoms in total. The first-order valence-corrected chi connectivity index (χ1v) is 4.84. The van der Waals surface area contributed by atoms with Crippen molar-refractivity contribution in [2.24, 2.45) is 5.73 Å². The highest BCUT2D eigenvalue weighted by molar-refractivity contribution is 5.29. The third kappa shape index (κ3) is 1.85. The van der Waals surface area contributed by atoms with E-state index in [4.69, 9.17) is 5.73 Å². The van der Waals surface area contributed by atoms with Gasteiger partial charge in [-0.15, -0.1) is 5.10 Å². The number of hydrogen-bond donors (Lipinski definition) is 2. The van der Waals surface area contributed by atoms with Crippen LogP contribution in [0.2, 0.25) is 0 Å². The van der Waals surface area contributed by atoms with E-state index in [0.717, 1.165) is 38.0 Å². The van der Waals surface area contributed by atoms with Crippen LogP contribution in [0.25, 0.3) is 0 Å². The molecule has 0 amide bonds. The number of hydrogen-bond acceptors (Lipinski definition) is 5. The zero-order chi connectivity index (χ0) is 9.97. The Balaban J connectivity index is 2.01. The largest absolute Gasteiger partial charge is 0.337 e. The van der Waals surface area contributed by atoms with E-state index in [9.17, 15) is 0 Å². The van der Waals surface area contributed by atoms with Gasteiger partial charge in [0.15, 0.2) is 0 Å². The molecule has 1 aliphatic rings. The molecule has 6 heteroatoms. The number of aromatic amines is 1. The molecule has 0 aliphatic carbocycles. The maximum Gasteiger partial charge on any atom is 0.244 e. The highest BCUT2D eigenvalue weighted by atomic mass is 15.4. The van der Waals surface area contributed by atoms with Crippen molar-refractivity contribution in [3.05, 3.63) is 5.82 Å². The smallest absolute Gasteiger partial charge is 0.244 e. The highest BCUT2D eigenvalue weighted by Crippen LogP contribution is 2.09. The van der Waals surface area contributed by atoms with Gasteiger partial charge >= 0.3 is 0 Å². The van der Waals surface area contributed by atoms with Crippen LogP contribution in [0.5, 0.6) is 0 Å². The molecule has 1 saturated heterocycles. The number of nitrogens with one attached hydrogen (secondary N) is 1. The maximum atomic E-state index is 5.45. The van der Waals surface area contributed by atoms with Crippen molar-refractivity contribution >= 4 is 5.95 Å². The predicted molar refractivity (Wildman–Crippen MR) is 54.0 cm³/mol. The fourth-order valence-corrected chi connectivity index (χ4v) is 1.52. The number of rotatable bonds is 2. The van der Waals surface area contributed by atoms with E-state index in [-0.39, 0.29) is 0 Å². The summed E-state index contributed by atoms with van der Waals surface area (Å²) in [4.78, 5) is 8.77. The van der Waals surface area contributed by atoms with Gasteiger partial charge in [0.2, 0.25) is 5.95 Å². The second kappa shape index (κ2) is 3.93. The molecule has 1 fully saturated rings. The molecule has 0 atom stereocenters. The summed E-state index contributed by atoms with van der Waals surface area (Å²) < 4.78 is 0. The molecule has 1 aromatic heterocycles. The summed E-state index contributed by atoms with van der Waals surface area (Å²) in [6.07, 6.45) is 0. The van der Waals surface area contributed by atoms with E-state index in [1.54, 1.807) is 0 Å². The molecule has 14 heavy (non-hydrogen) atoms. The van der Waals surface area contributed by atoms with Crippen molar-refractivity contribution in [3.63, 3.8) is 0 Å². The van der Waals surface area contributed by atoms with Crippen molar-refractivity contribution in [3.8, 4) is 0 Å². The van der Waals surface area contributed by atoms with Gasteiger partial charge in [0.05, 0.1) is 6.54 Å². The lowest BCUT2D eigenvalue weighted by atomic mass is 10.3. The molecule has 0 spiro atoms.